The molecule has 2 aromatic rings. The minimum Gasteiger partial charge on any atom is -0.381 e. The van der Waals surface area contributed by atoms with Crippen LogP contribution in [0.3, 0.4) is 0 Å². The van der Waals surface area contributed by atoms with E-state index < -0.39 is 0 Å². The number of H-pyrrole nitrogens is 1. The van der Waals surface area contributed by atoms with E-state index in [1.807, 2.05) is 12.3 Å². The van der Waals surface area contributed by atoms with E-state index in [2.05, 4.69) is 26.9 Å². The lowest BCUT2D eigenvalue weighted by Gasteiger charge is -2.21. The first-order valence-corrected chi connectivity index (χ1v) is 5.91. The van der Waals surface area contributed by atoms with Gasteiger partial charge in [-0.1, -0.05) is 0 Å². The largest absolute Gasteiger partial charge is 0.381 e. The Bertz CT molecular complexity index is 504. The quantitative estimate of drug-likeness (QED) is 0.869. The molecule has 0 aliphatic carbocycles. The van der Waals surface area contributed by atoms with Gasteiger partial charge in [-0.3, -0.25) is 0 Å². The molecule has 1 saturated heterocycles. The third-order valence-corrected chi connectivity index (χ3v) is 3.25. The molecule has 3 rings (SSSR count). The molecule has 0 spiro atoms. The van der Waals surface area contributed by atoms with Crippen molar-refractivity contribution in [2.75, 3.05) is 31.7 Å². The molecule has 1 fully saturated rings. The Hall–Kier alpha value is -1.62. The van der Waals surface area contributed by atoms with Gasteiger partial charge in [-0.15, -0.1) is 0 Å². The molecule has 1 N–H and O–H groups in total. The van der Waals surface area contributed by atoms with Crippen molar-refractivity contribution in [2.24, 2.45) is 5.92 Å². The maximum absolute atomic E-state index is 5.40. The number of nitrogens with one attached hydrogen (secondary N) is 1. The van der Waals surface area contributed by atoms with Gasteiger partial charge in [-0.05, 0) is 12.5 Å². The van der Waals surface area contributed by atoms with Crippen LogP contribution in [0.15, 0.2) is 18.6 Å². The molecule has 90 valence electrons. The molecule has 0 amide bonds. The van der Waals surface area contributed by atoms with Crippen molar-refractivity contribution >= 4 is 16.9 Å². The lowest BCUT2D eigenvalue weighted by molar-refractivity contribution is 0.186. The van der Waals surface area contributed by atoms with Gasteiger partial charge in [0.25, 0.3) is 0 Å². The van der Waals surface area contributed by atoms with Crippen LogP contribution in [0.25, 0.3) is 11.0 Å². The Balaban J connectivity index is 1.84. The zero-order valence-corrected chi connectivity index (χ0v) is 9.89. The number of rotatable bonds is 3. The molecular formula is C12H16N4O. The summed E-state index contributed by atoms with van der Waals surface area (Å²) in [5, 5.41) is 1.08. The van der Waals surface area contributed by atoms with Gasteiger partial charge in [0.05, 0.1) is 12.0 Å². The summed E-state index contributed by atoms with van der Waals surface area (Å²) in [4.78, 5) is 13.9. The van der Waals surface area contributed by atoms with Crippen LogP contribution < -0.4 is 4.90 Å². The number of hydrogen-bond acceptors (Lipinski definition) is 4. The number of aromatic amines is 1. The topological polar surface area (TPSA) is 54.0 Å². The van der Waals surface area contributed by atoms with E-state index in [4.69, 9.17) is 4.74 Å². The van der Waals surface area contributed by atoms with Crippen molar-refractivity contribution in [3.63, 3.8) is 0 Å². The molecule has 1 aliphatic rings. The van der Waals surface area contributed by atoms with E-state index in [9.17, 15) is 0 Å². The fourth-order valence-corrected chi connectivity index (χ4v) is 2.36. The number of ether oxygens (including phenoxy) is 1. The Morgan fingerprint density at radius 1 is 1.53 bits per heavy atom. The number of hydrogen-bond donors (Lipinski definition) is 1. The Morgan fingerprint density at radius 2 is 2.47 bits per heavy atom. The molecule has 5 nitrogen and oxygen atoms in total. The van der Waals surface area contributed by atoms with E-state index in [1.54, 1.807) is 6.33 Å². The molecule has 5 heteroatoms. The molecule has 0 unspecified atom stereocenters. The predicted octanol–water partition coefficient (Wildman–Crippen LogP) is 1.43. The van der Waals surface area contributed by atoms with Crippen molar-refractivity contribution < 1.29 is 4.74 Å². The number of anilines is 1. The fourth-order valence-electron chi connectivity index (χ4n) is 2.36. The second-order valence-corrected chi connectivity index (χ2v) is 4.55. The smallest absolute Gasteiger partial charge is 0.142 e. The van der Waals surface area contributed by atoms with Crippen LogP contribution in [-0.2, 0) is 4.74 Å². The van der Waals surface area contributed by atoms with Gasteiger partial charge in [-0.2, -0.15) is 0 Å². The van der Waals surface area contributed by atoms with Gasteiger partial charge in [0.2, 0.25) is 0 Å². The van der Waals surface area contributed by atoms with Gasteiger partial charge in [-0.25, -0.2) is 9.97 Å². The van der Waals surface area contributed by atoms with Crippen LogP contribution in [0.5, 0.6) is 0 Å². The van der Waals surface area contributed by atoms with E-state index in [-0.39, 0.29) is 0 Å². The highest BCUT2D eigenvalue weighted by Crippen LogP contribution is 2.23. The van der Waals surface area contributed by atoms with E-state index >= 15 is 0 Å². The van der Waals surface area contributed by atoms with E-state index in [0.29, 0.717) is 5.92 Å². The summed E-state index contributed by atoms with van der Waals surface area (Å²) in [5.41, 5.74) is 0.893. The highest BCUT2D eigenvalue weighted by molar-refractivity contribution is 5.87. The number of nitrogens with zero attached hydrogens (tertiary/aromatic N) is 3. The number of aromatic nitrogens is 3. The van der Waals surface area contributed by atoms with Crippen LogP contribution in [-0.4, -0.2) is 41.8 Å². The normalized spacial score (nSPS) is 19.9. The van der Waals surface area contributed by atoms with Crippen LogP contribution in [0.1, 0.15) is 6.42 Å². The summed E-state index contributed by atoms with van der Waals surface area (Å²) in [6.07, 6.45) is 4.65. The highest BCUT2D eigenvalue weighted by atomic mass is 16.5. The Morgan fingerprint density at radius 3 is 3.29 bits per heavy atom. The summed E-state index contributed by atoms with van der Waals surface area (Å²) in [6.45, 7) is 2.74. The van der Waals surface area contributed by atoms with Crippen LogP contribution in [0.2, 0.25) is 0 Å². The lowest BCUT2D eigenvalue weighted by Crippen LogP contribution is -2.26. The first kappa shape index (κ1) is 10.5. The van der Waals surface area contributed by atoms with Gasteiger partial charge in [0.1, 0.15) is 17.8 Å². The SMILES string of the molecule is CN(C[C@H]1CCOC1)c1ncnc2[nH]ccc12. The molecule has 1 aliphatic heterocycles. The molecule has 2 aromatic heterocycles. The first-order chi connectivity index (χ1) is 8.34. The minimum absolute atomic E-state index is 0.615. The Kier molecular flexibility index (Phi) is 2.68. The van der Waals surface area contributed by atoms with Crippen LogP contribution in [0, 0.1) is 5.92 Å². The average Bonchev–Trinajstić information content (AvgIpc) is 2.97. The fraction of sp³-hybridized carbons (Fsp3) is 0.500. The zero-order chi connectivity index (χ0) is 11.7. The second kappa shape index (κ2) is 4.33. The molecule has 0 bridgehead atoms. The van der Waals surface area contributed by atoms with Gasteiger partial charge in [0.15, 0.2) is 0 Å². The minimum atomic E-state index is 0.615. The summed E-state index contributed by atoms with van der Waals surface area (Å²) in [5.74, 6) is 1.60. The van der Waals surface area contributed by atoms with Gasteiger partial charge in [0, 0.05) is 32.3 Å². The van der Waals surface area contributed by atoms with E-state index in [1.165, 1.54) is 0 Å². The zero-order valence-electron chi connectivity index (χ0n) is 9.89. The second-order valence-electron chi connectivity index (χ2n) is 4.55. The lowest BCUT2D eigenvalue weighted by atomic mass is 10.1. The Labute approximate surface area is 99.8 Å². The van der Waals surface area contributed by atoms with Gasteiger partial charge < -0.3 is 14.6 Å². The molecule has 1 atom stereocenters. The standard InChI is InChI=1S/C12H16N4O/c1-16(6-9-3-5-17-7-9)12-10-2-4-13-11(10)14-8-15-12/h2,4,8-9H,3,5-7H2,1H3,(H,13,14,15)/t9-/m1/s1. The van der Waals surface area contributed by atoms with Crippen molar-refractivity contribution in [3.05, 3.63) is 18.6 Å². The average molecular weight is 232 g/mol. The van der Waals surface area contributed by atoms with Crippen molar-refractivity contribution in [1.82, 2.24) is 15.0 Å². The summed E-state index contributed by atoms with van der Waals surface area (Å²) >= 11 is 0. The van der Waals surface area contributed by atoms with Crippen molar-refractivity contribution in [1.29, 1.82) is 0 Å². The molecule has 17 heavy (non-hydrogen) atoms. The maximum atomic E-state index is 5.40. The maximum Gasteiger partial charge on any atom is 0.142 e. The van der Waals surface area contributed by atoms with Crippen LogP contribution >= 0.6 is 0 Å². The summed E-state index contributed by atoms with van der Waals surface area (Å²) in [6, 6.07) is 2.02. The molecular weight excluding hydrogens is 216 g/mol. The monoisotopic (exact) mass is 232 g/mol. The molecule has 3 heterocycles. The van der Waals surface area contributed by atoms with E-state index in [0.717, 1.165) is 43.0 Å². The molecule has 0 aromatic carbocycles. The number of fused-ring (bicyclic) bond motifs is 1. The van der Waals surface area contributed by atoms with Gasteiger partial charge >= 0.3 is 0 Å². The molecule has 0 saturated carbocycles. The summed E-state index contributed by atoms with van der Waals surface area (Å²) in [7, 11) is 2.08. The first-order valence-electron chi connectivity index (χ1n) is 5.91. The van der Waals surface area contributed by atoms with Crippen molar-refractivity contribution in [3.8, 4) is 0 Å². The third-order valence-electron chi connectivity index (χ3n) is 3.25. The summed E-state index contributed by atoms with van der Waals surface area (Å²) < 4.78 is 5.40. The van der Waals surface area contributed by atoms with Crippen LogP contribution in [0.4, 0.5) is 5.82 Å². The highest BCUT2D eigenvalue weighted by Gasteiger charge is 2.19. The predicted molar refractivity (Wildman–Crippen MR) is 66.1 cm³/mol. The van der Waals surface area contributed by atoms with Crippen molar-refractivity contribution in [2.45, 2.75) is 6.42 Å². The molecule has 0 radical (unpaired) electrons. The third kappa shape index (κ3) is 1.98.